The van der Waals surface area contributed by atoms with Crippen molar-refractivity contribution in [3.63, 3.8) is 0 Å². The number of ether oxygens (including phenoxy) is 5. The van der Waals surface area contributed by atoms with Crippen molar-refractivity contribution in [1.29, 1.82) is 0 Å². The number of nitrogens with one attached hydrogen (secondary N) is 2. The van der Waals surface area contributed by atoms with Crippen LogP contribution in [0.1, 0.15) is 69.0 Å². The lowest BCUT2D eigenvalue weighted by atomic mass is 9.93. The molecule has 5 aromatic carbocycles. The minimum Gasteiger partial charge on any atom is -0.494 e. The molecule has 0 bridgehead atoms. The average molecular weight is 2000 g/mol. The van der Waals surface area contributed by atoms with E-state index in [1.165, 1.54) is 94.3 Å². The molecule has 11 aromatic heterocycles. The van der Waals surface area contributed by atoms with E-state index in [0.29, 0.717) is 132 Å². The minimum atomic E-state index is -0.496. The van der Waals surface area contributed by atoms with Crippen LogP contribution in [0.2, 0.25) is 0 Å². The Balaban J connectivity index is 0.000000116. The smallest absolute Gasteiger partial charge is 0.258 e. The van der Waals surface area contributed by atoms with Crippen LogP contribution in [-0.4, -0.2) is 239 Å². The maximum atomic E-state index is 14.5. The van der Waals surface area contributed by atoms with Gasteiger partial charge in [-0.25, -0.2) is 47.5 Å². The van der Waals surface area contributed by atoms with Crippen LogP contribution in [0.5, 0.6) is 28.7 Å². The van der Waals surface area contributed by atoms with Gasteiger partial charge in [-0.05, 0) is 253 Å². The van der Waals surface area contributed by atoms with Gasteiger partial charge < -0.3 is 68.1 Å². The summed E-state index contributed by atoms with van der Waals surface area (Å²) < 4.78 is 95.6. The summed E-state index contributed by atoms with van der Waals surface area (Å²) in [6.45, 7) is 30.4. The average Bonchev–Trinajstić information content (AvgIpc) is 1.71. The highest BCUT2D eigenvalue weighted by atomic mass is 19.1. The van der Waals surface area contributed by atoms with E-state index in [1.54, 1.807) is 85.6 Å². The topological polar surface area (TPSA) is 291 Å². The number of anilines is 4. The monoisotopic (exact) mass is 2000 g/mol. The van der Waals surface area contributed by atoms with Gasteiger partial charge in [-0.3, -0.25) is 50.9 Å². The van der Waals surface area contributed by atoms with Gasteiger partial charge in [-0.15, -0.1) is 0 Å². The summed E-state index contributed by atoms with van der Waals surface area (Å²) in [4.78, 5) is 108. The van der Waals surface area contributed by atoms with E-state index in [2.05, 4.69) is 116 Å². The number of nitrogens with zero attached hydrogens (tertiary/aromatic N) is 18. The van der Waals surface area contributed by atoms with Crippen molar-refractivity contribution in [3.05, 3.63) is 298 Å². The van der Waals surface area contributed by atoms with Crippen molar-refractivity contribution >= 4 is 67.7 Å². The van der Waals surface area contributed by atoms with Gasteiger partial charge >= 0.3 is 0 Å². The van der Waals surface area contributed by atoms with Crippen LogP contribution < -0.4 is 81.7 Å². The molecular formula is C112H120F4N20O11. The van der Waals surface area contributed by atoms with Gasteiger partial charge in [0.2, 0.25) is 0 Å². The molecule has 0 saturated carbocycles. The molecule has 7 aliphatic heterocycles. The zero-order valence-corrected chi connectivity index (χ0v) is 84.5. The first kappa shape index (κ1) is 101. The summed E-state index contributed by atoms with van der Waals surface area (Å²) in [5, 5.41) is 6.74. The fourth-order valence-electron chi connectivity index (χ4n) is 21.1. The Morgan fingerprint density at radius 3 is 1.35 bits per heavy atom. The molecule has 31 nitrogen and oxygen atoms in total. The van der Waals surface area contributed by atoms with E-state index in [9.17, 15) is 41.5 Å². The van der Waals surface area contributed by atoms with E-state index in [1.807, 2.05) is 99.4 Å². The van der Waals surface area contributed by atoms with Crippen LogP contribution in [0.4, 0.5) is 40.3 Å². The molecule has 6 fully saturated rings. The van der Waals surface area contributed by atoms with Gasteiger partial charge in [0, 0.05) is 200 Å². The predicted molar refractivity (Wildman–Crippen MR) is 566 cm³/mol. The highest BCUT2D eigenvalue weighted by Crippen LogP contribution is 2.39. The highest BCUT2D eigenvalue weighted by molar-refractivity contribution is 5.81. The quantitative estimate of drug-likeness (QED) is 0.0754. The van der Waals surface area contributed by atoms with Crippen LogP contribution in [0, 0.1) is 61.8 Å². The Kier molecular flexibility index (Phi) is 29.8. The maximum Gasteiger partial charge on any atom is 0.258 e. The first-order chi connectivity index (χ1) is 71.1. The molecule has 147 heavy (non-hydrogen) atoms. The molecule has 0 unspecified atom stereocenters. The molecule has 16 aromatic rings. The van der Waals surface area contributed by atoms with Crippen molar-refractivity contribution in [2.45, 2.75) is 79.3 Å². The second-order valence-corrected chi connectivity index (χ2v) is 38.5. The van der Waals surface area contributed by atoms with Crippen LogP contribution in [-0.2, 0) is 0 Å². The molecule has 7 aliphatic rings. The summed E-state index contributed by atoms with van der Waals surface area (Å²) in [5.41, 5.74) is 16.1. The number of hydrogen-bond donors (Lipinski definition) is 2. The standard InChI is InChI=1S/C23H24FN5O2.2C23H25FN4O2.C22H26N4O3.C21H20FN3O2/c1-3-6-27-7-9-28(10-8-27)17-4-5-21-26-19(13-22(30)29(21)14-17)16-11-18(24)23-20(12-16)31-15(2)25-23;1-26-9-3-4-16-12-27(14-20(16)26)17-6-8-22-25-19(11-23(29)28(22)13-17)15-5-7-21(30-2)18(24)10-15;1-3-26-10-16-12-27(13-17(16)11-26)18-5-7-22-25-20(9-23(29)28(22)14-18)15-4-6-21(30-2)19(24)8-15;1-14-9-17(25-8-7-23-15(2)12-25)13-26-21(27)11-18(24-22(14)26)16-5-6-19(28-3)20(10-16)29-4;1-13-9-16(14-5-7-23-8-6-14)12-25-20(26)11-18(24-21(13)25)15-3-4-19(27-2)17(22)10-15/h4-5,11-14H,3,6-10H2,1-2H3;5-8,10-11,13,16,20H,3-4,9,12,14H2,1-2H3;4-9,14,16-17H,3,10-13H2,1-2H3;5-6,9-11,13,15,23H,7-8,12H2,1-4H3;3-5,9-12,23H,6-8H2,1-2H3/t;16-,20+;16-,17+;15-;/m.1.1./s1. The number of rotatable bonds is 18. The zero-order valence-electron chi connectivity index (χ0n) is 84.5. The van der Waals surface area contributed by atoms with E-state index >= 15 is 0 Å². The second-order valence-electron chi connectivity index (χ2n) is 38.5. The van der Waals surface area contributed by atoms with Crippen LogP contribution >= 0.6 is 0 Å². The number of aryl methyl sites for hydroxylation is 3. The molecule has 0 aliphatic carbocycles. The molecule has 2 N–H and O–H groups in total. The normalized spacial score (nSPS) is 18.0. The van der Waals surface area contributed by atoms with Gasteiger partial charge in [0.15, 0.2) is 63.5 Å². The number of fused-ring (bicyclic) bond motifs is 8. The fraction of sp³-hybridized carbons (Fsp3) is 0.348. The predicted octanol–water partition coefficient (Wildman–Crippen LogP) is 15.1. The van der Waals surface area contributed by atoms with Crippen molar-refractivity contribution in [1.82, 2.24) is 77.2 Å². The lowest BCUT2D eigenvalue weighted by Crippen LogP contribution is -2.49. The summed E-state index contributed by atoms with van der Waals surface area (Å²) in [6.07, 6.45) is 16.1. The molecule has 23 rings (SSSR count). The lowest BCUT2D eigenvalue weighted by molar-refractivity contribution is 0.158. The van der Waals surface area contributed by atoms with Crippen molar-refractivity contribution in [2.24, 2.45) is 17.8 Å². The molecule has 762 valence electrons. The van der Waals surface area contributed by atoms with E-state index in [0.717, 1.165) is 176 Å². The van der Waals surface area contributed by atoms with Crippen LogP contribution in [0.3, 0.4) is 0 Å². The number of aromatic nitrogens is 11. The third-order valence-electron chi connectivity index (χ3n) is 28.9. The Morgan fingerprint density at radius 2 is 0.864 bits per heavy atom. The SMILES string of the molecule is CCCN1CCN(c2ccc3nc(-c4cc(F)c5nc(C)oc5c4)cc(=O)n3c2)CC1.CCN1C[C@@H]2CN(c3ccc4nc(-c5ccc(OC)c(F)c5)cc(=O)n4c3)C[C@@H]2C1.COc1ccc(-c2cc(=O)n3cc(C4=CCNCC4)cc(C)c3n2)cc1F.COc1ccc(-c2cc(=O)n3cc(N4CCN[C@H](C)C4)cc(C)c3n2)cc1OC.COc1ccc(-c2cc(=O)n3cc(N4C[C@H]5CCCN(C)[C@H]5C4)ccc3n2)cc1F. The Bertz CT molecular complexity index is 8010. The summed E-state index contributed by atoms with van der Waals surface area (Å²) in [6, 6.07) is 46.4. The third kappa shape index (κ3) is 21.6. The Hall–Kier alpha value is -15.2. The molecule has 0 spiro atoms. The molecule has 35 heteroatoms. The number of likely N-dealkylation sites (tertiary alicyclic amines) is 2. The number of methoxy groups -OCH3 is 5. The fourth-order valence-corrected chi connectivity index (χ4v) is 21.1. The Morgan fingerprint density at radius 1 is 0.401 bits per heavy atom. The number of halogens is 4. The van der Waals surface area contributed by atoms with Crippen molar-refractivity contribution in [2.75, 3.05) is 180 Å². The van der Waals surface area contributed by atoms with Gasteiger partial charge in [0.1, 0.15) is 33.8 Å². The number of pyridine rings is 5. The first-order valence-corrected chi connectivity index (χ1v) is 49.9. The van der Waals surface area contributed by atoms with Crippen LogP contribution in [0.25, 0.3) is 101 Å². The number of oxazole rings is 1. The molecule has 5 atom stereocenters. The van der Waals surface area contributed by atoms with Crippen molar-refractivity contribution < 1.29 is 45.7 Å². The summed E-state index contributed by atoms with van der Waals surface area (Å²) in [7, 11) is 9.65. The number of piperazine rings is 2. The van der Waals surface area contributed by atoms with Gasteiger partial charge in [0.05, 0.1) is 86.8 Å². The Labute approximate surface area is 846 Å². The lowest BCUT2D eigenvalue weighted by Gasteiger charge is -2.35. The number of benzene rings is 5. The van der Waals surface area contributed by atoms with Crippen molar-refractivity contribution in [3.8, 4) is 85.0 Å². The summed E-state index contributed by atoms with van der Waals surface area (Å²) in [5.74, 6) is 2.26. The minimum absolute atomic E-state index is 0.104. The number of likely N-dealkylation sites (N-methyl/N-ethyl adjacent to an activating group) is 1. The molecule has 6 saturated heterocycles. The third-order valence-corrected chi connectivity index (χ3v) is 28.9. The largest absolute Gasteiger partial charge is 0.494 e. The number of piperidine rings is 1. The first-order valence-electron chi connectivity index (χ1n) is 49.9. The van der Waals surface area contributed by atoms with Gasteiger partial charge in [0.25, 0.3) is 27.8 Å². The summed E-state index contributed by atoms with van der Waals surface area (Å²) >= 11 is 0. The second kappa shape index (κ2) is 43.6. The van der Waals surface area contributed by atoms with Gasteiger partial charge in [-0.1, -0.05) is 19.9 Å². The molecule has 0 amide bonds. The molecule has 18 heterocycles. The zero-order chi connectivity index (χ0) is 103. The molecular weight excluding hydrogens is 1880 g/mol. The van der Waals surface area contributed by atoms with Crippen LogP contribution in [0.15, 0.2) is 229 Å². The number of hydrogen-bond acceptors (Lipinski definition) is 26. The van der Waals surface area contributed by atoms with E-state index < -0.39 is 23.3 Å². The van der Waals surface area contributed by atoms with Gasteiger partial charge in [-0.2, -0.15) is 0 Å². The maximum absolute atomic E-state index is 14.5. The highest BCUT2D eigenvalue weighted by Gasteiger charge is 2.41. The molecule has 0 radical (unpaired) electrons. The van der Waals surface area contributed by atoms with E-state index in [4.69, 9.17) is 33.1 Å². The van der Waals surface area contributed by atoms with E-state index in [-0.39, 0.29) is 50.6 Å².